The van der Waals surface area contributed by atoms with E-state index in [0.717, 1.165) is 5.69 Å². The van der Waals surface area contributed by atoms with Crippen LogP contribution in [0.5, 0.6) is 0 Å². The number of benzene rings is 1. The van der Waals surface area contributed by atoms with Gasteiger partial charge in [0.05, 0.1) is 5.25 Å². The van der Waals surface area contributed by atoms with Gasteiger partial charge in [-0.3, -0.25) is 9.69 Å². The third kappa shape index (κ3) is 3.97. The molecule has 1 aromatic heterocycles. The minimum absolute atomic E-state index is 0.227. The number of nitrogens with zero attached hydrogens (tertiary/aromatic N) is 3. The fraction of sp³-hybridized carbons (Fsp3) is 0.286. The molecule has 2 N–H and O–H groups in total. The van der Waals surface area contributed by atoms with Crippen LogP contribution in [0.4, 0.5) is 15.6 Å². The smallest absolute Gasteiger partial charge is 0.324 e. The van der Waals surface area contributed by atoms with Crippen LogP contribution in [0, 0.1) is 0 Å². The molecular weight excluding hydrogens is 370 g/mol. The summed E-state index contributed by atoms with van der Waals surface area (Å²) in [4.78, 5) is 25.0. The van der Waals surface area contributed by atoms with Crippen molar-refractivity contribution in [3.63, 3.8) is 0 Å². The zero-order valence-corrected chi connectivity index (χ0v) is 15.0. The van der Waals surface area contributed by atoms with Crippen LogP contribution in [0.15, 0.2) is 28.6 Å². The Hall–Kier alpha value is -1.84. The Bertz CT molecular complexity index is 769. The van der Waals surface area contributed by atoms with Gasteiger partial charge in [0.15, 0.2) is 4.34 Å². The van der Waals surface area contributed by atoms with Crippen molar-refractivity contribution in [2.45, 2.75) is 16.5 Å². The number of hydrogen-bond donors (Lipinski definition) is 2. The van der Waals surface area contributed by atoms with Gasteiger partial charge in [0.1, 0.15) is 0 Å². The van der Waals surface area contributed by atoms with E-state index in [-0.39, 0.29) is 11.9 Å². The minimum atomic E-state index is -0.416. The summed E-state index contributed by atoms with van der Waals surface area (Å²) in [6.07, 6.45) is 0. The fourth-order valence-electron chi connectivity index (χ4n) is 2.10. The topological polar surface area (TPSA) is 87.2 Å². The van der Waals surface area contributed by atoms with Gasteiger partial charge in [0.2, 0.25) is 11.0 Å². The molecule has 0 saturated carbocycles. The number of urea groups is 1. The summed E-state index contributed by atoms with van der Waals surface area (Å²) in [5, 5.41) is 14.7. The maximum Gasteiger partial charge on any atom is 0.324 e. The molecule has 2 heterocycles. The normalized spacial score (nSPS) is 15.2. The molecule has 0 unspecified atom stereocenters. The predicted molar refractivity (Wildman–Crippen MR) is 95.1 cm³/mol. The highest BCUT2D eigenvalue weighted by Crippen LogP contribution is 2.31. The zero-order valence-electron chi connectivity index (χ0n) is 12.7. The molecule has 1 aliphatic heterocycles. The molecule has 1 aliphatic rings. The summed E-state index contributed by atoms with van der Waals surface area (Å²) in [5.74, 6) is -0.227. The average molecular weight is 384 g/mol. The molecule has 1 aromatic carbocycles. The number of nitrogens with one attached hydrogen (secondary N) is 2. The van der Waals surface area contributed by atoms with Crippen LogP contribution in [-0.2, 0) is 4.79 Å². The lowest BCUT2D eigenvalue weighted by Crippen LogP contribution is -2.38. The van der Waals surface area contributed by atoms with Gasteiger partial charge >= 0.3 is 6.03 Å². The third-order valence-electron chi connectivity index (χ3n) is 3.23. The van der Waals surface area contributed by atoms with Gasteiger partial charge in [0, 0.05) is 23.8 Å². The lowest BCUT2D eigenvalue weighted by atomic mass is 10.3. The summed E-state index contributed by atoms with van der Waals surface area (Å²) in [5.41, 5.74) is 0.813. The Balaban J connectivity index is 1.61. The molecule has 24 heavy (non-hydrogen) atoms. The van der Waals surface area contributed by atoms with Crippen LogP contribution in [-0.4, -0.2) is 45.4 Å². The number of thioether (sulfide) groups is 1. The van der Waals surface area contributed by atoms with Gasteiger partial charge in [-0.05, 0) is 25.1 Å². The number of rotatable bonds is 5. The first kappa shape index (κ1) is 17.0. The number of halogens is 1. The molecule has 7 nitrogen and oxygen atoms in total. The predicted octanol–water partition coefficient (Wildman–Crippen LogP) is 2.97. The SMILES string of the molecule is C[C@@H](Sc1nnc(Nc2cccc(Cl)c2)s1)C(=O)N1CCNC1=O. The Morgan fingerprint density at radius 3 is 3.04 bits per heavy atom. The van der Waals surface area contributed by atoms with Crippen LogP contribution in [0.3, 0.4) is 0 Å². The lowest BCUT2D eigenvalue weighted by Gasteiger charge is -2.16. The molecule has 1 fully saturated rings. The van der Waals surface area contributed by atoms with Gasteiger partial charge in [-0.25, -0.2) is 4.79 Å². The van der Waals surface area contributed by atoms with E-state index in [1.165, 1.54) is 28.0 Å². The van der Waals surface area contributed by atoms with Crippen molar-refractivity contribution in [2.75, 3.05) is 18.4 Å². The Labute approximate surface area is 151 Å². The quantitative estimate of drug-likeness (QED) is 0.772. The fourth-order valence-corrected chi connectivity index (χ4v) is 4.27. The highest BCUT2D eigenvalue weighted by Gasteiger charge is 2.30. The number of amides is 3. The molecule has 0 radical (unpaired) electrons. The van der Waals surface area contributed by atoms with Crippen molar-refractivity contribution in [1.29, 1.82) is 0 Å². The van der Waals surface area contributed by atoms with Crippen LogP contribution in [0.2, 0.25) is 5.02 Å². The standard InChI is InChI=1S/C14H14ClN5O2S2/c1-8(11(21)20-6-5-16-13(20)22)23-14-19-18-12(24-14)17-10-4-2-3-9(15)7-10/h2-4,7-8H,5-6H2,1H3,(H,16,22)(H,17,18)/t8-/m1/s1. The van der Waals surface area contributed by atoms with Crippen molar-refractivity contribution in [1.82, 2.24) is 20.4 Å². The molecule has 1 saturated heterocycles. The van der Waals surface area contributed by atoms with Crippen LogP contribution in [0.25, 0.3) is 0 Å². The van der Waals surface area contributed by atoms with E-state index in [9.17, 15) is 9.59 Å². The highest BCUT2D eigenvalue weighted by molar-refractivity contribution is 8.02. The van der Waals surface area contributed by atoms with Crippen molar-refractivity contribution < 1.29 is 9.59 Å². The lowest BCUT2D eigenvalue weighted by molar-refractivity contribution is -0.126. The first-order valence-corrected chi connectivity index (χ1v) is 9.22. The number of anilines is 2. The Morgan fingerprint density at radius 1 is 1.50 bits per heavy atom. The molecular formula is C14H14ClN5O2S2. The number of imide groups is 1. The Morgan fingerprint density at radius 2 is 2.33 bits per heavy atom. The third-order valence-corrected chi connectivity index (χ3v) is 5.48. The summed E-state index contributed by atoms with van der Waals surface area (Å²) >= 11 is 8.56. The van der Waals surface area contributed by atoms with Crippen LogP contribution in [0.1, 0.15) is 6.92 Å². The van der Waals surface area contributed by atoms with Gasteiger partial charge < -0.3 is 10.6 Å². The van der Waals surface area contributed by atoms with E-state index < -0.39 is 5.25 Å². The maximum absolute atomic E-state index is 12.3. The van der Waals surface area contributed by atoms with Crippen LogP contribution >= 0.6 is 34.7 Å². The zero-order chi connectivity index (χ0) is 17.1. The van der Waals surface area contributed by atoms with E-state index >= 15 is 0 Å². The van der Waals surface area contributed by atoms with Crippen molar-refractivity contribution in [3.8, 4) is 0 Å². The second-order valence-electron chi connectivity index (χ2n) is 4.99. The van der Waals surface area contributed by atoms with E-state index in [0.29, 0.717) is 27.6 Å². The molecule has 0 aliphatic carbocycles. The molecule has 0 spiro atoms. The molecule has 10 heteroatoms. The van der Waals surface area contributed by atoms with Crippen molar-refractivity contribution in [3.05, 3.63) is 29.3 Å². The van der Waals surface area contributed by atoms with E-state index in [1.807, 2.05) is 12.1 Å². The second-order valence-corrected chi connectivity index (χ2v) is 7.99. The summed E-state index contributed by atoms with van der Waals surface area (Å²) in [7, 11) is 0. The molecule has 2 aromatic rings. The number of hydrogen-bond acceptors (Lipinski definition) is 7. The first-order chi connectivity index (χ1) is 11.5. The van der Waals surface area contributed by atoms with Gasteiger partial charge in [-0.15, -0.1) is 10.2 Å². The average Bonchev–Trinajstić information content (AvgIpc) is 3.15. The Kier molecular flexibility index (Phi) is 5.22. The molecule has 126 valence electrons. The minimum Gasteiger partial charge on any atom is -0.336 e. The monoisotopic (exact) mass is 383 g/mol. The van der Waals surface area contributed by atoms with Gasteiger partial charge in [-0.1, -0.05) is 40.8 Å². The molecule has 3 rings (SSSR count). The number of carbonyl (C=O) groups is 2. The molecule has 1 atom stereocenters. The number of aromatic nitrogens is 2. The van der Waals surface area contributed by atoms with Crippen LogP contribution < -0.4 is 10.6 Å². The van der Waals surface area contributed by atoms with E-state index in [1.54, 1.807) is 19.1 Å². The van der Waals surface area contributed by atoms with Gasteiger partial charge in [0.25, 0.3) is 0 Å². The molecule has 0 bridgehead atoms. The highest BCUT2D eigenvalue weighted by atomic mass is 35.5. The summed E-state index contributed by atoms with van der Waals surface area (Å²) in [6.45, 7) is 2.65. The summed E-state index contributed by atoms with van der Waals surface area (Å²) in [6, 6.07) is 6.94. The second kappa shape index (κ2) is 7.37. The first-order valence-electron chi connectivity index (χ1n) is 7.15. The molecule has 3 amide bonds. The van der Waals surface area contributed by atoms with E-state index in [2.05, 4.69) is 20.8 Å². The summed E-state index contributed by atoms with van der Waals surface area (Å²) < 4.78 is 0.653. The largest absolute Gasteiger partial charge is 0.336 e. The van der Waals surface area contributed by atoms with Crippen molar-refractivity contribution in [2.24, 2.45) is 0 Å². The van der Waals surface area contributed by atoms with Gasteiger partial charge in [-0.2, -0.15) is 0 Å². The number of carbonyl (C=O) groups excluding carboxylic acids is 2. The maximum atomic E-state index is 12.3. The van der Waals surface area contributed by atoms with E-state index in [4.69, 9.17) is 11.6 Å². The van der Waals surface area contributed by atoms with Crippen molar-refractivity contribution >= 4 is 57.5 Å².